The zero-order valence-corrected chi connectivity index (χ0v) is 9.25. The largest absolute Gasteiger partial charge is 0.355 e. The highest BCUT2D eigenvalue weighted by Crippen LogP contribution is 2.28. The summed E-state index contributed by atoms with van der Waals surface area (Å²) in [6.07, 6.45) is 3.07. The molecular formula is C13H12FN3. The van der Waals surface area contributed by atoms with Crippen molar-refractivity contribution >= 4 is 5.82 Å². The number of halogens is 1. The molecule has 0 saturated carbocycles. The molecule has 3 rings (SSSR count). The molecule has 0 radical (unpaired) electrons. The Morgan fingerprint density at radius 2 is 2.00 bits per heavy atom. The van der Waals surface area contributed by atoms with Crippen LogP contribution in [-0.2, 0) is 0 Å². The molecule has 0 atom stereocenters. The summed E-state index contributed by atoms with van der Waals surface area (Å²) in [6, 6.07) is 9.11. The highest BCUT2D eigenvalue weighted by molar-refractivity contribution is 5.43. The van der Waals surface area contributed by atoms with Gasteiger partial charge in [0, 0.05) is 30.9 Å². The van der Waals surface area contributed by atoms with E-state index >= 15 is 0 Å². The Morgan fingerprint density at radius 1 is 1.12 bits per heavy atom. The SMILES string of the molecule is Fc1ccc(N2CC(c3ccccn3)C2)nc1. The van der Waals surface area contributed by atoms with Crippen LogP contribution in [0.1, 0.15) is 11.6 Å². The predicted octanol–water partition coefficient (Wildman–Crippen LogP) is 2.22. The summed E-state index contributed by atoms with van der Waals surface area (Å²) >= 11 is 0. The van der Waals surface area contributed by atoms with E-state index in [1.54, 1.807) is 6.07 Å². The second kappa shape index (κ2) is 4.13. The molecular weight excluding hydrogens is 217 g/mol. The predicted molar refractivity (Wildman–Crippen MR) is 63.4 cm³/mol. The van der Waals surface area contributed by atoms with Gasteiger partial charge in [-0.3, -0.25) is 4.98 Å². The molecule has 1 aliphatic heterocycles. The topological polar surface area (TPSA) is 29.0 Å². The molecule has 3 heterocycles. The van der Waals surface area contributed by atoms with Crippen molar-refractivity contribution in [2.45, 2.75) is 5.92 Å². The monoisotopic (exact) mass is 229 g/mol. The molecule has 17 heavy (non-hydrogen) atoms. The second-order valence-corrected chi connectivity index (χ2v) is 4.19. The van der Waals surface area contributed by atoms with Crippen molar-refractivity contribution in [1.29, 1.82) is 0 Å². The van der Waals surface area contributed by atoms with Crippen LogP contribution in [0.4, 0.5) is 10.2 Å². The Morgan fingerprint density at radius 3 is 2.65 bits per heavy atom. The number of rotatable bonds is 2. The van der Waals surface area contributed by atoms with E-state index in [0.717, 1.165) is 24.6 Å². The number of hydrogen-bond acceptors (Lipinski definition) is 3. The van der Waals surface area contributed by atoms with Crippen molar-refractivity contribution < 1.29 is 4.39 Å². The van der Waals surface area contributed by atoms with Gasteiger partial charge in [-0.25, -0.2) is 9.37 Å². The van der Waals surface area contributed by atoms with E-state index in [1.165, 1.54) is 12.3 Å². The van der Waals surface area contributed by atoms with Gasteiger partial charge in [0.05, 0.1) is 6.20 Å². The van der Waals surface area contributed by atoms with Crippen molar-refractivity contribution in [2.24, 2.45) is 0 Å². The van der Waals surface area contributed by atoms with Crippen LogP contribution in [-0.4, -0.2) is 23.1 Å². The number of hydrogen-bond donors (Lipinski definition) is 0. The zero-order valence-electron chi connectivity index (χ0n) is 9.25. The summed E-state index contributed by atoms with van der Waals surface area (Å²) in [5.41, 5.74) is 1.12. The van der Waals surface area contributed by atoms with Crippen LogP contribution in [0.5, 0.6) is 0 Å². The van der Waals surface area contributed by atoms with Gasteiger partial charge >= 0.3 is 0 Å². The molecule has 1 saturated heterocycles. The van der Waals surface area contributed by atoms with Crippen LogP contribution in [0.15, 0.2) is 42.7 Å². The second-order valence-electron chi connectivity index (χ2n) is 4.19. The molecule has 1 aliphatic rings. The summed E-state index contributed by atoms with van der Waals surface area (Å²) in [6.45, 7) is 1.80. The number of anilines is 1. The van der Waals surface area contributed by atoms with Crippen molar-refractivity contribution in [3.05, 3.63) is 54.2 Å². The molecule has 86 valence electrons. The average Bonchev–Trinajstić information content (AvgIpc) is 2.31. The van der Waals surface area contributed by atoms with Crippen LogP contribution in [0.3, 0.4) is 0 Å². The molecule has 0 spiro atoms. The summed E-state index contributed by atoms with van der Waals surface area (Å²) in [5, 5.41) is 0. The fourth-order valence-electron chi connectivity index (χ4n) is 2.03. The summed E-state index contributed by atoms with van der Waals surface area (Å²) in [4.78, 5) is 10.5. The van der Waals surface area contributed by atoms with Crippen molar-refractivity contribution in [3.63, 3.8) is 0 Å². The lowest BCUT2D eigenvalue weighted by Crippen LogP contribution is -2.45. The van der Waals surface area contributed by atoms with Crippen LogP contribution in [0.2, 0.25) is 0 Å². The van der Waals surface area contributed by atoms with Gasteiger partial charge < -0.3 is 4.90 Å². The lowest BCUT2D eigenvalue weighted by Gasteiger charge is -2.39. The lowest BCUT2D eigenvalue weighted by atomic mass is 9.96. The van der Waals surface area contributed by atoms with Gasteiger partial charge in [0.1, 0.15) is 11.6 Å². The first-order chi connectivity index (χ1) is 8.33. The Hall–Kier alpha value is -1.97. The van der Waals surface area contributed by atoms with E-state index in [2.05, 4.69) is 14.9 Å². The molecule has 2 aromatic rings. The minimum Gasteiger partial charge on any atom is -0.355 e. The van der Waals surface area contributed by atoms with Crippen molar-refractivity contribution in [2.75, 3.05) is 18.0 Å². The number of nitrogens with zero attached hydrogens (tertiary/aromatic N) is 3. The van der Waals surface area contributed by atoms with Crippen molar-refractivity contribution in [1.82, 2.24) is 9.97 Å². The van der Waals surface area contributed by atoms with Crippen molar-refractivity contribution in [3.8, 4) is 0 Å². The summed E-state index contributed by atoms with van der Waals surface area (Å²) in [5.74, 6) is 0.997. The lowest BCUT2D eigenvalue weighted by molar-refractivity contribution is 0.507. The van der Waals surface area contributed by atoms with Crippen LogP contribution < -0.4 is 4.90 Å². The summed E-state index contributed by atoms with van der Waals surface area (Å²) < 4.78 is 12.7. The molecule has 4 heteroatoms. The summed E-state index contributed by atoms with van der Waals surface area (Å²) in [7, 11) is 0. The maximum absolute atomic E-state index is 12.7. The first-order valence-corrected chi connectivity index (χ1v) is 5.60. The van der Waals surface area contributed by atoms with E-state index < -0.39 is 0 Å². The van der Waals surface area contributed by atoms with Gasteiger partial charge in [-0.05, 0) is 24.3 Å². The van der Waals surface area contributed by atoms with Crippen LogP contribution in [0, 0.1) is 5.82 Å². The molecule has 3 nitrogen and oxygen atoms in total. The number of aromatic nitrogens is 2. The Labute approximate surface area is 98.9 Å². The quantitative estimate of drug-likeness (QED) is 0.790. The molecule has 0 N–H and O–H groups in total. The van der Waals surface area contributed by atoms with Crippen LogP contribution >= 0.6 is 0 Å². The van der Waals surface area contributed by atoms with E-state index in [4.69, 9.17) is 0 Å². The number of pyridine rings is 2. The minimum atomic E-state index is -0.296. The van der Waals surface area contributed by atoms with E-state index in [1.807, 2.05) is 24.4 Å². The van der Waals surface area contributed by atoms with Gasteiger partial charge in [0.15, 0.2) is 0 Å². The highest BCUT2D eigenvalue weighted by atomic mass is 19.1. The fourth-order valence-corrected chi connectivity index (χ4v) is 2.03. The maximum atomic E-state index is 12.7. The normalized spacial score (nSPS) is 15.7. The molecule has 0 aliphatic carbocycles. The molecule has 0 unspecified atom stereocenters. The van der Waals surface area contributed by atoms with Gasteiger partial charge in [-0.2, -0.15) is 0 Å². The third-order valence-corrected chi connectivity index (χ3v) is 3.02. The Bertz CT molecular complexity index is 492. The van der Waals surface area contributed by atoms with E-state index in [9.17, 15) is 4.39 Å². The Balaban J connectivity index is 1.67. The van der Waals surface area contributed by atoms with Gasteiger partial charge in [-0.15, -0.1) is 0 Å². The first-order valence-electron chi connectivity index (χ1n) is 5.60. The fraction of sp³-hybridized carbons (Fsp3) is 0.231. The third-order valence-electron chi connectivity index (χ3n) is 3.02. The molecule has 0 amide bonds. The highest BCUT2D eigenvalue weighted by Gasteiger charge is 2.29. The van der Waals surface area contributed by atoms with Gasteiger partial charge in [0.25, 0.3) is 0 Å². The standard InChI is InChI=1S/C13H12FN3/c14-11-4-5-13(16-7-11)17-8-10(9-17)12-3-1-2-6-15-12/h1-7,10H,8-9H2. The molecule has 0 bridgehead atoms. The maximum Gasteiger partial charge on any atom is 0.141 e. The smallest absolute Gasteiger partial charge is 0.141 e. The van der Waals surface area contributed by atoms with Gasteiger partial charge in [0.2, 0.25) is 0 Å². The Kier molecular flexibility index (Phi) is 2.48. The zero-order chi connectivity index (χ0) is 11.7. The van der Waals surface area contributed by atoms with Gasteiger partial charge in [-0.1, -0.05) is 6.07 Å². The van der Waals surface area contributed by atoms with Crippen LogP contribution in [0.25, 0.3) is 0 Å². The molecule has 0 aromatic carbocycles. The molecule has 2 aromatic heterocycles. The minimum absolute atomic E-state index is 0.296. The first kappa shape index (κ1) is 10.2. The molecule has 1 fully saturated rings. The van der Waals surface area contributed by atoms with E-state index in [-0.39, 0.29) is 5.82 Å². The average molecular weight is 229 g/mol. The third kappa shape index (κ3) is 1.98. The van der Waals surface area contributed by atoms with E-state index in [0.29, 0.717) is 5.92 Å².